The van der Waals surface area contributed by atoms with E-state index < -0.39 is 0 Å². The van der Waals surface area contributed by atoms with E-state index in [1.807, 2.05) is 32.0 Å². The quantitative estimate of drug-likeness (QED) is 0.588. The number of aryl methyl sites for hydroxylation is 2. The number of nitrogens with zero attached hydrogens (tertiary/aromatic N) is 1. The number of amides is 1. The number of esters is 1. The molecule has 0 radical (unpaired) electrons. The van der Waals surface area contributed by atoms with Crippen LogP contribution in [-0.2, 0) is 4.74 Å². The number of rotatable bonds is 6. The van der Waals surface area contributed by atoms with Crippen molar-refractivity contribution < 1.29 is 14.3 Å². The Morgan fingerprint density at radius 3 is 2.31 bits per heavy atom. The molecule has 3 rings (SSSR count). The predicted molar refractivity (Wildman–Crippen MR) is 114 cm³/mol. The SMILES string of the molecule is CCOC(=O)c1ccc(Nc2ccc(C(=O)Nc3ccc(C)cc3C)nc2)cc1. The van der Waals surface area contributed by atoms with E-state index in [0.29, 0.717) is 17.9 Å². The molecule has 0 aliphatic rings. The monoisotopic (exact) mass is 389 g/mol. The van der Waals surface area contributed by atoms with Gasteiger partial charge in [0.25, 0.3) is 5.91 Å². The molecule has 0 saturated carbocycles. The molecule has 0 aliphatic heterocycles. The second-order valence-corrected chi connectivity index (χ2v) is 6.63. The van der Waals surface area contributed by atoms with Gasteiger partial charge in [-0.2, -0.15) is 0 Å². The van der Waals surface area contributed by atoms with E-state index in [2.05, 4.69) is 15.6 Å². The van der Waals surface area contributed by atoms with Crippen LogP contribution in [0.15, 0.2) is 60.8 Å². The summed E-state index contributed by atoms with van der Waals surface area (Å²) in [5.41, 5.74) is 5.27. The molecule has 3 aromatic rings. The summed E-state index contributed by atoms with van der Waals surface area (Å²) in [6.45, 7) is 6.08. The molecule has 0 saturated heterocycles. The van der Waals surface area contributed by atoms with E-state index in [4.69, 9.17) is 4.74 Å². The maximum Gasteiger partial charge on any atom is 0.338 e. The second-order valence-electron chi connectivity index (χ2n) is 6.63. The highest BCUT2D eigenvalue weighted by molar-refractivity contribution is 6.03. The number of hydrogen-bond donors (Lipinski definition) is 2. The number of anilines is 3. The van der Waals surface area contributed by atoms with Gasteiger partial charge in [0.1, 0.15) is 5.69 Å². The van der Waals surface area contributed by atoms with E-state index in [9.17, 15) is 9.59 Å². The zero-order chi connectivity index (χ0) is 20.8. The Balaban J connectivity index is 1.63. The first-order valence-corrected chi connectivity index (χ1v) is 9.35. The fourth-order valence-electron chi connectivity index (χ4n) is 2.81. The average molecular weight is 389 g/mol. The molecule has 0 fully saturated rings. The summed E-state index contributed by atoms with van der Waals surface area (Å²) in [5.74, 6) is -0.609. The summed E-state index contributed by atoms with van der Waals surface area (Å²) < 4.78 is 4.97. The minimum atomic E-state index is -0.347. The van der Waals surface area contributed by atoms with E-state index in [-0.39, 0.29) is 11.9 Å². The van der Waals surface area contributed by atoms with Gasteiger partial charge >= 0.3 is 5.97 Å². The molecule has 0 bridgehead atoms. The van der Waals surface area contributed by atoms with Gasteiger partial charge in [-0.15, -0.1) is 0 Å². The Morgan fingerprint density at radius 1 is 0.966 bits per heavy atom. The van der Waals surface area contributed by atoms with Crippen molar-refractivity contribution in [1.29, 1.82) is 0 Å². The van der Waals surface area contributed by atoms with Gasteiger partial charge in [0.2, 0.25) is 0 Å². The van der Waals surface area contributed by atoms with Gasteiger partial charge < -0.3 is 15.4 Å². The van der Waals surface area contributed by atoms with Gasteiger partial charge in [-0.3, -0.25) is 4.79 Å². The third kappa shape index (κ3) is 5.19. The van der Waals surface area contributed by atoms with Crippen LogP contribution in [0.3, 0.4) is 0 Å². The highest BCUT2D eigenvalue weighted by atomic mass is 16.5. The molecule has 2 N–H and O–H groups in total. The van der Waals surface area contributed by atoms with Gasteiger partial charge in [0.15, 0.2) is 0 Å². The number of carbonyl (C=O) groups excluding carboxylic acids is 2. The largest absolute Gasteiger partial charge is 0.462 e. The third-order valence-electron chi connectivity index (χ3n) is 4.31. The highest BCUT2D eigenvalue weighted by Crippen LogP contribution is 2.19. The summed E-state index contributed by atoms with van der Waals surface area (Å²) in [6, 6.07) is 16.3. The van der Waals surface area contributed by atoms with Crippen LogP contribution in [0.25, 0.3) is 0 Å². The lowest BCUT2D eigenvalue weighted by Crippen LogP contribution is -2.14. The third-order valence-corrected chi connectivity index (χ3v) is 4.31. The standard InChI is InChI=1S/C23H23N3O3/c1-4-29-23(28)17-6-8-18(9-7-17)25-19-10-12-21(24-14-19)22(27)26-20-11-5-15(2)13-16(20)3/h5-14,25H,4H2,1-3H3,(H,26,27). The number of benzene rings is 2. The fraction of sp³-hybridized carbons (Fsp3) is 0.174. The van der Waals surface area contributed by atoms with Crippen molar-refractivity contribution >= 4 is 28.9 Å². The molecular weight excluding hydrogens is 366 g/mol. The summed E-state index contributed by atoms with van der Waals surface area (Å²) in [4.78, 5) is 28.4. The Labute approximate surface area is 169 Å². The van der Waals surface area contributed by atoms with Gasteiger partial charge in [-0.1, -0.05) is 17.7 Å². The summed E-state index contributed by atoms with van der Waals surface area (Å²) in [5, 5.41) is 6.07. The molecule has 29 heavy (non-hydrogen) atoms. The molecule has 1 amide bonds. The fourth-order valence-corrected chi connectivity index (χ4v) is 2.81. The summed E-state index contributed by atoms with van der Waals surface area (Å²) >= 11 is 0. The van der Waals surface area contributed by atoms with Crippen LogP contribution in [0.4, 0.5) is 17.1 Å². The van der Waals surface area contributed by atoms with Crippen molar-refractivity contribution in [2.24, 2.45) is 0 Å². The van der Waals surface area contributed by atoms with E-state index in [1.165, 1.54) is 0 Å². The van der Waals surface area contributed by atoms with E-state index in [0.717, 1.165) is 28.2 Å². The lowest BCUT2D eigenvalue weighted by Gasteiger charge is -2.10. The first-order valence-electron chi connectivity index (χ1n) is 9.35. The molecule has 0 spiro atoms. The predicted octanol–water partition coefficient (Wildman–Crippen LogP) is 4.87. The molecule has 0 atom stereocenters. The first-order chi connectivity index (χ1) is 14.0. The molecule has 6 heteroatoms. The lowest BCUT2D eigenvalue weighted by atomic mass is 10.1. The Hall–Kier alpha value is -3.67. The van der Waals surface area contributed by atoms with Gasteiger partial charge in [0.05, 0.1) is 24.1 Å². The van der Waals surface area contributed by atoms with Crippen molar-refractivity contribution in [3.8, 4) is 0 Å². The first kappa shape index (κ1) is 20.1. The van der Waals surface area contributed by atoms with Crippen LogP contribution in [0.1, 0.15) is 38.9 Å². The number of nitrogens with one attached hydrogen (secondary N) is 2. The van der Waals surface area contributed by atoms with Crippen molar-refractivity contribution in [2.75, 3.05) is 17.2 Å². The van der Waals surface area contributed by atoms with E-state index in [1.54, 1.807) is 49.5 Å². The van der Waals surface area contributed by atoms with Crippen LogP contribution in [0.5, 0.6) is 0 Å². The smallest absolute Gasteiger partial charge is 0.338 e. The van der Waals surface area contributed by atoms with E-state index >= 15 is 0 Å². The van der Waals surface area contributed by atoms with Gasteiger partial charge in [0, 0.05) is 11.4 Å². The molecule has 0 unspecified atom stereocenters. The normalized spacial score (nSPS) is 10.3. The number of pyridine rings is 1. The maximum absolute atomic E-state index is 12.4. The zero-order valence-corrected chi connectivity index (χ0v) is 16.7. The second kappa shape index (κ2) is 9.01. The number of carbonyl (C=O) groups is 2. The minimum Gasteiger partial charge on any atom is -0.462 e. The topological polar surface area (TPSA) is 80.3 Å². The minimum absolute atomic E-state index is 0.262. The highest BCUT2D eigenvalue weighted by Gasteiger charge is 2.10. The van der Waals surface area contributed by atoms with Crippen molar-refractivity contribution in [2.45, 2.75) is 20.8 Å². The van der Waals surface area contributed by atoms with Gasteiger partial charge in [-0.25, -0.2) is 9.78 Å². The van der Waals surface area contributed by atoms with Crippen molar-refractivity contribution in [1.82, 2.24) is 4.98 Å². The van der Waals surface area contributed by atoms with Crippen molar-refractivity contribution in [3.63, 3.8) is 0 Å². The molecule has 148 valence electrons. The van der Waals surface area contributed by atoms with Crippen LogP contribution in [0, 0.1) is 13.8 Å². The molecule has 1 aromatic heterocycles. The average Bonchev–Trinajstić information content (AvgIpc) is 2.71. The van der Waals surface area contributed by atoms with Crippen LogP contribution in [-0.4, -0.2) is 23.5 Å². The summed E-state index contributed by atoms with van der Waals surface area (Å²) in [7, 11) is 0. The molecule has 6 nitrogen and oxygen atoms in total. The summed E-state index contributed by atoms with van der Waals surface area (Å²) in [6.07, 6.45) is 1.59. The number of hydrogen-bond acceptors (Lipinski definition) is 5. The van der Waals surface area contributed by atoms with Crippen molar-refractivity contribution in [3.05, 3.63) is 83.2 Å². The lowest BCUT2D eigenvalue weighted by molar-refractivity contribution is 0.0526. The molecule has 1 heterocycles. The number of ether oxygens (including phenoxy) is 1. The molecular formula is C23H23N3O3. The maximum atomic E-state index is 12.4. The Morgan fingerprint density at radius 2 is 1.69 bits per heavy atom. The number of aromatic nitrogens is 1. The Kier molecular flexibility index (Phi) is 6.24. The molecule has 2 aromatic carbocycles. The van der Waals surface area contributed by atoms with Crippen LogP contribution in [0.2, 0.25) is 0 Å². The van der Waals surface area contributed by atoms with Crippen LogP contribution < -0.4 is 10.6 Å². The zero-order valence-electron chi connectivity index (χ0n) is 16.7. The molecule has 0 aliphatic carbocycles. The van der Waals surface area contributed by atoms with Crippen LogP contribution >= 0.6 is 0 Å². The Bertz CT molecular complexity index is 1010. The van der Waals surface area contributed by atoms with Gasteiger partial charge in [-0.05, 0) is 68.8 Å².